The third-order valence-corrected chi connectivity index (χ3v) is 1.65. The Morgan fingerprint density at radius 1 is 1.00 bits per heavy atom. The van der Waals surface area contributed by atoms with Crippen molar-refractivity contribution in [2.75, 3.05) is 0 Å². The highest BCUT2D eigenvalue weighted by Crippen LogP contribution is 2.05. The van der Waals surface area contributed by atoms with Gasteiger partial charge in [0.15, 0.2) is 0 Å². The molecule has 56 valence electrons. The van der Waals surface area contributed by atoms with Crippen molar-refractivity contribution in [3.05, 3.63) is 24.3 Å². The number of aliphatic hydroxyl groups excluding tert-OH is 1. The molecule has 0 heterocycles. The maximum atomic E-state index is 9.22. The van der Waals surface area contributed by atoms with Crippen molar-refractivity contribution in [1.82, 2.24) is 0 Å². The van der Waals surface area contributed by atoms with Crippen LogP contribution in [0.2, 0.25) is 0 Å². The van der Waals surface area contributed by atoms with Crippen LogP contribution in [0.15, 0.2) is 24.3 Å². The maximum Gasteiger partial charge on any atom is 0.0723 e. The first kappa shape index (κ1) is 7.55. The Hall–Kier alpha value is -0.560. The van der Waals surface area contributed by atoms with Crippen LogP contribution in [-0.4, -0.2) is 11.2 Å². The highest BCUT2D eigenvalue weighted by molar-refractivity contribution is 4.95. The van der Waals surface area contributed by atoms with Gasteiger partial charge in [0.25, 0.3) is 0 Å². The first-order valence-electron chi connectivity index (χ1n) is 3.89. The monoisotopic (exact) mass is 138 g/mol. The maximum absolute atomic E-state index is 9.22. The minimum Gasteiger partial charge on any atom is -0.389 e. The van der Waals surface area contributed by atoms with Gasteiger partial charge in [0.2, 0.25) is 0 Å². The molecule has 0 fully saturated rings. The fourth-order valence-corrected chi connectivity index (χ4v) is 1.04. The van der Waals surface area contributed by atoms with E-state index >= 15 is 0 Å². The fourth-order valence-electron chi connectivity index (χ4n) is 1.04. The summed E-state index contributed by atoms with van der Waals surface area (Å²) >= 11 is 0. The van der Waals surface area contributed by atoms with Crippen molar-refractivity contribution >= 4 is 0 Å². The summed E-state index contributed by atoms with van der Waals surface area (Å²) in [6.45, 7) is 0. The van der Waals surface area contributed by atoms with Gasteiger partial charge < -0.3 is 5.11 Å². The van der Waals surface area contributed by atoms with Crippen LogP contribution in [0.4, 0.5) is 0 Å². The topological polar surface area (TPSA) is 20.2 Å². The summed E-state index contributed by atoms with van der Waals surface area (Å²) in [5, 5.41) is 9.22. The standard InChI is InChI=1S/C9H14O/c10-9-7-5-3-1-2-4-6-8-9/h1,3,6,8-10H,2,4-5,7H2/b3-1-,8-6-. The van der Waals surface area contributed by atoms with Gasteiger partial charge in [-0.1, -0.05) is 24.3 Å². The fraction of sp³-hybridized carbons (Fsp3) is 0.556. The molecule has 1 unspecified atom stereocenters. The lowest BCUT2D eigenvalue weighted by Crippen LogP contribution is -1.99. The van der Waals surface area contributed by atoms with E-state index in [1.165, 1.54) is 0 Å². The predicted octanol–water partition coefficient (Wildman–Crippen LogP) is 2.03. The zero-order valence-electron chi connectivity index (χ0n) is 6.16. The van der Waals surface area contributed by atoms with Gasteiger partial charge in [0.05, 0.1) is 6.10 Å². The molecule has 0 aromatic rings. The molecule has 1 aliphatic carbocycles. The first-order chi connectivity index (χ1) is 4.89. The van der Waals surface area contributed by atoms with Gasteiger partial charge in [-0.2, -0.15) is 0 Å². The molecule has 10 heavy (non-hydrogen) atoms. The molecule has 1 N–H and O–H groups in total. The average molecular weight is 138 g/mol. The third-order valence-electron chi connectivity index (χ3n) is 1.65. The van der Waals surface area contributed by atoms with E-state index in [0.717, 1.165) is 25.7 Å². The van der Waals surface area contributed by atoms with Gasteiger partial charge in [-0.15, -0.1) is 0 Å². The molecular formula is C9H14O. The van der Waals surface area contributed by atoms with E-state index in [1.807, 2.05) is 6.08 Å². The van der Waals surface area contributed by atoms with Gasteiger partial charge in [-0.25, -0.2) is 0 Å². The van der Waals surface area contributed by atoms with Crippen LogP contribution in [0.1, 0.15) is 25.7 Å². The zero-order valence-corrected chi connectivity index (χ0v) is 6.16. The van der Waals surface area contributed by atoms with E-state index in [1.54, 1.807) is 0 Å². The van der Waals surface area contributed by atoms with Gasteiger partial charge >= 0.3 is 0 Å². The van der Waals surface area contributed by atoms with Crippen molar-refractivity contribution < 1.29 is 5.11 Å². The molecule has 0 spiro atoms. The van der Waals surface area contributed by atoms with Gasteiger partial charge in [0.1, 0.15) is 0 Å². The number of hydrogen-bond acceptors (Lipinski definition) is 1. The normalized spacial score (nSPS) is 33.5. The van der Waals surface area contributed by atoms with Crippen LogP contribution in [0.3, 0.4) is 0 Å². The lowest BCUT2D eigenvalue weighted by molar-refractivity contribution is 0.214. The van der Waals surface area contributed by atoms with Gasteiger partial charge in [-0.05, 0) is 25.7 Å². The second kappa shape index (κ2) is 4.29. The molecular weight excluding hydrogens is 124 g/mol. The molecule has 0 bridgehead atoms. The van der Waals surface area contributed by atoms with Crippen LogP contribution in [-0.2, 0) is 0 Å². The molecule has 0 aromatic heterocycles. The van der Waals surface area contributed by atoms with E-state index in [4.69, 9.17) is 0 Å². The third kappa shape index (κ3) is 2.83. The van der Waals surface area contributed by atoms with Crippen LogP contribution in [0.25, 0.3) is 0 Å². The van der Waals surface area contributed by atoms with Crippen molar-refractivity contribution in [1.29, 1.82) is 0 Å². The summed E-state index contributed by atoms with van der Waals surface area (Å²) in [6, 6.07) is 0. The van der Waals surface area contributed by atoms with Crippen molar-refractivity contribution in [2.45, 2.75) is 31.8 Å². The minimum atomic E-state index is -0.220. The van der Waals surface area contributed by atoms with Crippen LogP contribution in [0, 0.1) is 0 Å². The molecule has 1 aliphatic rings. The van der Waals surface area contributed by atoms with Crippen LogP contribution in [0.5, 0.6) is 0 Å². The summed E-state index contributed by atoms with van der Waals surface area (Å²) in [7, 11) is 0. The Morgan fingerprint density at radius 3 is 2.60 bits per heavy atom. The largest absolute Gasteiger partial charge is 0.389 e. The molecule has 0 radical (unpaired) electrons. The Kier molecular flexibility index (Phi) is 3.23. The summed E-state index contributed by atoms with van der Waals surface area (Å²) in [5.41, 5.74) is 0. The van der Waals surface area contributed by atoms with Crippen molar-refractivity contribution in [3.63, 3.8) is 0 Å². The van der Waals surface area contributed by atoms with Crippen molar-refractivity contribution in [3.8, 4) is 0 Å². The summed E-state index contributed by atoms with van der Waals surface area (Å²) in [6.07, 6.45) is 12.1. The number of aliphatic hydroxyl groups is 1. The van der Waals surface area contributed by atoms with Gasteiger partial charge in [-0.3, -0.25) is 0 Å². The van der Waals surface area contributed by atoms with Crippen LogP contribution >= 0.6 is 0 Å². The average Bonchev–Trinajstić information content (AvgIpc) is 2.02. The molecule has 1 heteroatoms. The lowest BCUT2D eigenvalue weighted by atomic mass is 10.2. The molecule has 0 saturated heterocycles. The molecule has 0 amide bonds. The molecule has 0 aliphatic heterocycles. The quantitative estimate of drug-likeness (QED) is 0.508. The number of hydrogen-bond donors (Lipinski definition) is 1. The molecule has 1 rings (SSSR count). The Bertz CT molecular complexity index is 136. The molecule has 1 atom stereocenters. The Morgan fingerprint density at radius 2 is 1.70 bits per heavy atom. The molecule has 1 nitrogen and oxygen atoms in total. The Labute approximate surface area is 62.1 Å². The zero-order chi connectivity index (χ0) is 7.23. The first-order valence-corrected chi connectivity index (χ1v) is 3.89. The summed E-state index contributed by atoms with van der Waals surface area (Å²) in [5.74, 6) is 0. The van der Waals surface area contributed by atoms with E-state index < -0.39 is 0 Å². The van der Waals surface area contributed by atoms with E-state index in [-0.39, 0.29) is 6.10 Å². The van der Waals surface area contributed by atoms with Crippen LogP contribution < -0.4 is 0 Å². The van der Waals surface area contributed by atoms with Crippen molar-refractivity contribution in [2.24, 2.45) is 0 Å². The number of allylic oxidation sites excluding steroid dienone is 3. The summed E-state index contributed by atoms with van der Waals surface area (Å²) in [4.78, 5) is 0. The van der Waals surface area contributed by atoms with E-state index in [9.17, 15) is 5.11 Å². The second-order valence-corrected chi connectivity index (χ2v) is 2.62. The smallest absolute Gasteiger partial charge is 0.0723 e. The predicted molar refractivity (Wildman–Crippen MR) is 42.8 cm³/mol. The summed E-state index contributed by atoms with van der Waals surface area (Å²) < 4.78 is 0. The number of rotatable bonds is 0. The SMILES string of the molecule is OC1/C=C\CC/C=C\CC1. The second-order valence-electron chi connectivity index (χ2n) is 2.62. The Balaban J connectivity index is 2.39. The molecule has 0 saturated carbocycles. The van der Waals surface area contributed by atoms with E-state index in [2.05, 4.69) is 18.2 Å². The lowest BCUT2D eigenvalue weighted by Gasteiger charge is -1.99. The van der Waals surface area contributed by atoms with E-state index in [0.29, 0.717) is 0 Å². The highest BCUT2D eigenvalue weighted by Gasteiger charge is 1.96. The minimum absolute atomic E-state index is 0.220. The molecule has 0 aromatic carbocycles. The highest BCUT2D eigenvalue weighted by atomic mass is 16.3. The van der Waals surface area contributed by atoms with Gasteiger partial charge in [0, 0.05) is 0 Å².